The first-order valence-electron chi connectivity index (χ1n) is 5.76. The standard InChI is InChI=1S/C12H20N2O/c1-2-3-4-5-6-12(15)14-10-9-13-11-7-8-11/h1,11,13H,3-10H2,(H,14,15). The summed E-state index contributed by atoms with van der Waals surface area (Å²) in [7, 11) is 0. The highest BCUT2D eigenvalue weighted by molar-refractivity contribution is 5.75. The maximum atomic E-state index is 11.3. The topological polar surface area (TPSA) is 41.1 Å². The van der Waals surface area contributed by atoms with Crippen LogP contribution in [0, 0.1) is 12.3 Å². The van der Waals surface area contributed by atoms with Crippen molar-refractivity contribution in [3.63, 3.8) is 0 Å². The molecule has 2 N–H and O–H groups in total. The first-order valence-corrected chi connectivity index (χ1v) is 5.76. The summed E-state index contributed by atoms with van der Waals surface area (Å²) in [6, 6.07) is 0.720. The summed E-state index contributed by atoms with van der Waals surface area (Å²) in [6.45, 7) is 1.63. The normalized spacial score (nSPS) is 14.6. The third-order valence-corrected chi connectivity index (χ3v) is 2.43. The van der Waals surface area contributed by atoms with Crippen molar-refractivity contribution < 1.29 is 4.79 Å². The molecule has 1 saturated carbocycles. The average molecular weight is 208 g/mol. The largest absolute Gasteiger partial charge is 0.355 e. The molecule has 3 nitrogen and oxygen atoms in total. The van der Waals surface area contributed by atoms with Crippen molar-refractivity contribution in [2.24, 2.45) is 0 Å². The number of unbranched alkanes of at least 4 members (excludes halogenated alkanes) is 2. The van der Waals surface area contributed by atoms with Gasteiger partial charge in [0, 0.05) is 32.0 Å². The van der Waals surface area contributed by atoms with E-state index in [1.807, 2.05) is 0 Å². The minimum atomic E-state index is 0.143. The zero-order chi connectivity index (χ0) is 10.9. The van der Waals surface area contributed by atoms with E-state index in [0.717, 1.165) is 38.4 Å². The Balaban J connectivity index is 1.82. The third kappa shape index (κ3) is 6.98. The fourth-order valence-corrected chi connectivity index (χ4v) is 1.37. The molecule has 0 heterocycles. The van der Waals surface area contributed by atoms with Crippen LogP contribution in [0.1, 0.15) is 38.5 Å². The van der Waals surface area contributed by atoms with Crippen LogP contribution in [0.2, 0.25) is 0 Å². The fourth-order valence-electron chi connectivity index (χ4n) is 1.37. The van der Waals surface area contributed by atoms with E-state index in [2.05, 4.69) is 16.6 Å². The number of hydrogen-bond donors (Lipinski definition) is 2. The van der Waals surface area contributed by atoms with Gasteiger partial charge in [-0.15, -0.1) is 12.3 Å². The molecule has 3 heteroatoms. The second kappa shape index (κ2) is 7.30. The Kier molecular flexibility index (Phi) is 5.87. The van der Waals surface area contributed by atoms with E-state index in [1.165, 1.54) is 12.8 Å². The molecule has 84 valence electrons. The number of hydrogen-bond acceptors (Lipinski definition) is 2. The van der Waals surface area contributed by atoms with E-state index in [-0.39, 0.29) is 5.91 Å². The van der Waals surface area contributed by atoms with Gasteiger partial charge in [-0.05, 0) is 25.7 Å². The molecule has 0 aromatic carbocycles. The maximum absolute atomic E-state index is 11.3. The zero-order valence-electron chi connectivity index (χ0n) is 9.22. The van der Waals surface area contributed by atoms with Gasteiger partial charge in [-0.2, -0.15) is 0 Å². The van der Waals surface area contributed by atoms with Gasteiger partial charge in [0.2, 0.25) is 5.91 Å². The van der Waals surface area contributed by atoms with Gasteiger partial charge in [0.15, 0.2) is 0 Å². The summed E-state index contributed by atoms with van der Waals surface area (Å²) in [4.78, 5) is 11.3. The molecule has 0 aliphatic heterocycles. The molecule has 0 unspecified atom stereocenters. The minimum absolute atomic E-state index is 0.143. The molecule has 1 rings (SSSR count). The van der Waals surface area contributed by atoms with Gasteiger partial charge in [0.1, 0.15) is 0 Å². The van der Waals surface area contributed by atoms with E-state index in [1.54, 1.807) is 0 Å². The number of rotatable bonds is 8. The number of nitrogens with one attached hydrogen (secondary N) is 2. The Hall–Kier alpha value is -1.01. The molecule has 0 saturated heterocycles. The van der Waals surface area contributed by atoms with Gasteiger partial charge < -0.3 is 10.6 Å². The van der Waals surface area contributed by atoms with Crippen molar-refractivity contribution in [1.29, 1.82) is 0 Å². The Morgan fingerprint density at radius 3 is 2.80 bits per heavy atom. The Bertz CT molecular complexity index is 228. The molecule has 15 heavy (non-hydrogen) atoms. The van der Waals surface area contributed by atoms with Crippen LogP contribution in [0.4, 0.5) is 0 Å². The second-order valence-electron chi connectivity index (χ2n) is 3.99. The molecule has 1 amide bonds. The average Bonchev–Trinajstić information content (AvgIpc) is 3.03. The van der Waals surface area contributed by atoms with E-state index in [0.29, 0.717) is 6.42 Å². The predicted molar refractivity (Wildman–Crippen MR) is 61.3 cm³/mol. The molecule has 0 radical (unpaired) electrons. The third-order valence-electron chi connectivity index (χ3n) is 2.43. The summed E-state index contributed by atoms with van der Waals surface area (Å²) in [6.07, 6.45) is 10.9. The van der Waals surface area contributed by atoms with E-state index >= 15 is 0 Å². The van der Waals surface area contributed by atoms with Crippen molar-refractivity contribution in [3.05, 3.63) is 0 Å². The van der Waals surface area contributed by atoms with Gasteiger partial charge in [0.25, 0.3) is 0 Å². The van der Waals surface area contributed by atoms with E-state index in [4.69, 9.17) is 6.42 Å². The van der Waals surface area contributed by atoms with Gasteiger partial charge >= 0.3 is 0 Å². The Morgan fingerprint density at radius 2 is 2.13 bits per heavy atom. The molecular weight excluding hydrogens is 188 g/mol. The molecule has 1 fully saturated rings. The summed E-state index contributed by atoms with van der Waals surface area (Å²) in [5.41, 5.74) is 0. The van der Waals surface area contributed by atoms with Crippen molar-refractivity contribution >= 4 is 5.91 Å². The van der Waals surface area contributed by atoms with Crippen molar-refractivity contribution in [1.82, 2.24) is 10.6 Å². The monoisotopic (exact) mass is 208 g/mol. The van der Waals surface area contributed by atoms with Crippen LogP contribution in [-0.2, 0) is 4.79 Å². The SMILES string of the molecule is C#CCCCCC(=O)NCCNC1CC1. The summed E-state index contributed by atoms with van der Waals surface area (Å²) in [5, 5.41) is 6.24. The van der Waals surface area contributed by atoms with Crippen LogP contribution in [0.3, 0.4) is 0 Å². The lowest BCUT2D eigenvalue weighted by molar-refractivity contribution is -0.121. The van der Waals surface area contributed by atoms with Crippen molar-refractivity contribution in [2.45, 2.75) is 44.6 Å². The molecule has 1 aliphatic carbocycles. The highest BCUT2D eigenvalue weighted by Crippen LogP contribution is 2.17. The second-order valence-corrected chi connectivity index (χ2v) is 3.99. The quantitative estimate of drug-likeness (QED) is 0.462. The van der Waals surface area contributed by atoms with Crippen molar-refractivity contribution in [2.75, 3.05) is 13.1 Å². The minimum Gasteiger partial charge on any atom is -0.355 e. The molecule has 0 bridgehead atoms. The molecule has 1 aliphatic rings. The van der Waals surface area contributed by atoms with Gasteiger partial charge in [-0.3, -0.25) is 4.79 Å². The van der Waals surface area contributed by atoms with E-state index in [9.17, 15) is 4.79 Å². The lowest BCUT2D eigenvalue weighted by Crippen LogP contribution is -2.32. The fraction of sp³-hybridized carbons (Fsp3) is 0.750. The number of carbonyl (C=O) groups is 1. The molecule has 0 atom stereocenters. The van der Waals surface area contributed by atoms with Gasteiger partial charge in [-0.1, -0.05) is 0 Å². The number of carbonyl (C=O) groups excluding carboxylic acids is 1. The molecule has 0 aromatic heterocycles. The highest BCUT2D eigenvalue weighted by atomic mass is 16.1. The first-order chi connectivity index (χ1) is 7.33. The lowest BCUT2D eigenvalue weighted by Gasteiger charge is -2.05. The number of terminal acetylenes is 1. The first kappa shape index (κ1) is 12.1. The van der Waals surface area contributed by atoms with Crippen molar-refractivity contribution in [3.8, 4) is 12.3 Å². The van der Waals surface area contributed by atoms with E-state index < -0.39 is 0 Å². The van der Waals surface area contributed by atoms with Crippen LogP contribution < -0.4 is 10.6 Å². The van der Waals surface area contributed by atoms with Crippen LogP contribution in [0.25, 0.3) is 0 Å². The Labute approximate surface area is 92.0 Å². The summed E-state index contributed by atoms with van der Waals surface area (Å²) < 4.78 is 0. The molecular formula is C12H20N2O. The van der Waals surface area contributed by atoms with Crippen LogP contribution in [0.5, 0.6) is 0 Å². The molecule has 0 aromatic rings. The van der Waals surface area contributed by atoms with Crippen LogP contribution in [-0.4, -0.2) is 25.0 Å². The summed E-state index contributed by atoms with van der Waals surface area (Å²) in [5.74, 6) is 2.71. The molecule has 0 spiro atoms. The highest BCUT2D eigenvalue weighted by Gasteiger charge is 2.19. The Morgan fingerprint density at radius 1 is 1.33 bits per heavy atom. The van der Waals surface area contributed by atoms with Crippen LogP contribution in [0.15, 0.2) is 0 Å². The lowest BCUT2D eigenvalue weighted by atomic mass is 10.2. The van der Waals surface area contributed by atoms with Crippen LogP contribution >= 0.6 is 0 Å². The van der Waals surface area contributed by atoms with Gasteiger partial charge in [-0.25, -0.2) is 0 Å². The maximum Gasteiger partial charge on any atom is 0.220 e. The predicted octanol–water partition coefficient (Wildman–Crippen LogP) is 1.05. The number of amides is 1. The summed E-state index contributed by atoms with van der Waals surface area (Å²) >= 11 is 0. The zero-order valence-corrected chi connectivity index (χ0v) is 9.22. The smallest absolute Gasteiger partial charge is 0.220 e. The van der Waals surface area contributed by atoms with Gasteiger partial charge in [0.05, 0.1) is 0 Å².